The van der Waals surface area contributed by atoms with Gasteiger partial charge in [-0.25, -0.2) is 9.59 Å². The van der Waals surface area contributed by atoms with E-state index in [1.165, 1.54) is 22.3 Å². The molecule has 1 aromatic heterocycles. The Morgan fingerprint density at radius 2 is 1.53 bits per heavy atom. The van der Waals surface area contributed by atoms with E-state index >= 15 is 0 Å². The Kier molecular flexibility index (Phi) is 10.4. The Morgan fingerprint density at radius 3 is 2.30 bits per heavy atom. The number of allylic oxidation sites excluding steroid dienone is 1. The van der Waals surface area contributed by atoms with Crippen molar-refractivity contribution in [2.45, 2.75) is 134 Å². The first-order valence-corrected chi connectivity index (χ1v) is 21.9. The number of hydrogen-bond acceptors (Lipinski definition) is 7. The van der Waals surface area contributed by atoms with E-state index in [1.54, 1.807) is 0 Å². The molecule has 1 saturated carbocycles. The highest BCUT2D eigenvalue weighted by Crippen LogP contribution is 2.51. The van der Waals surface area contributed by atoms with Gasteiger partial charge in [0.1, 0.15) is 16.9 Å². The van der Waals surface area contributed by atoms with Crippen molar-refractivity contribution in [2.24, 2.45) is 5.92 Å². The van der Waals surface area contributed by atoms with Gasteiger partial charge in [0.15, 0.2) is 12.2 Å². The van der Waals surface area contributed by atoms with E-state index in [1.807, 2.05) is 45.9 Å². The fourth-order valence-electron chi connectivity index (χ4n) is 10.7. The average Bonchev–Trinajstić information content (AvgIpc) is 3.54. The van der Waals surface area contributed by atoms with Crippen LogP contribution in [-0.2, 0) is 43.7 Å². The first-order chi connectivity index (χ1) is 28.8. The van der Waals surface area contributed by atoms with E-state index < -0.39 is 29.4 Å². The molecule has 0 saturated heterocycles. The quantitative estimate of drug-likeness (QED) is 0.102. The largest absolute Gasteiger partial charge is 0.483 e. The minimum atomic E-state index is -1.10. The first kappa shape index (κ1) is 40.0. The van der Waals surface area contributed by atoms with Crippen LogP contribution in [0.25, 0.3) is 11.0 Å². The van der Waals surface area contributed by atoms with Crippen LogP contribution in [0.4, 0.5) is 0 Å². The second-order valence-electron chi connectivity index (χ2n) is 19.1. The summed E-state index contributed by atoms with van der Waals surface area (Å²) in [5.41, 5.74) is 8.24. The maximum absolute atomic E-state index is 14.8. The Labute approximate surface area is 353 Å². The van der Waals surface area contributed by atoms with Gasteiger partial charge in [-0.3, -0.25) is 4.79 Å². The van der Waals surface area contributed by atoms with Gasteiger partial charge in [-0.1, -0.05) is 98.3 Å². The smallest absolute Gasteiger partial charge is 0.340 e. The molecule has 5 aliphatic rings. The maximum Gasteiger partial charge on any atom is 0.340 e. The first-order valence-electron chi connectivity index (χ1n) is 21.9. The maximum atomic E-state index is 14.8. The molecule has 5 aromatic rings. The van der Waals surface area contributed by atoms with Crippen molar-refractivity contribution in [2.75, 3.05) is 0 Å². The monoisotopic (exact) mass is 804 g/mol. The summed E-state index contributed by atoms with van der Waals surface area (Å²) < 4.78 is 26.1. The zero-order chi connectivity index (χ0) is 41.9. The molecule has 310 valence electrons. The molecule has 5 atom stereocenters. The second kappa shape index (κ2) is 15.6. The van der Waals surface area contributed by atoms with E-state index in [0.29, 0.717) is 40.9 Å². The summed E-state index contributed by atoms with van der Waals surface area (Å²) in [6.45, 7) is 11.7. The fraction of sp³-hybridized carbons (Fsp3) is 0.415. The third-order valence-electron chi connectivity index (χ3n) is 14.0. The molecule has 60 heavy (non-hydrogen) atoms. The van der Waals surface area contributed by atoms with Crippen LogP contribution >= 0.6 is 0 Å². The molecule has 4 heterocycles. The lowest BCUT2D eigenvalue weighted by Gasteiger charge is -2.43. The third-order valence-corrected chi connectivity index (χ3v) is 14.0. The zero-order valence-electron chi connectivity index (χ0n) is 35.8. The molecule has 3 aliphatic heterocycles. The van der Waals surface area contributed by atoms with E-state index in [9.17, 15) is 14.4 Å². The number of hydrogen-bond donors (Lipinski definition) is 0. The lowest BCUT2D eigenvalue weighted by Crippen LogP contribution is -2.52. The highest BCUT2D eigenvalue weighted by molar-refractivity contribution is 5.90. The minimum absolute atomic E-state index is 0.00525. The van der Waals surface area contributed by atoms with Crippen molar-refractivity contribution >= 4 is 22.9 Å². The van der Waals surface area contributed by atoms with Crippen molar-refractivity contribution in [1.82, 2.24) is 0 Å². The summed E-state index contributed by atoms with van der Waals surface area (Å²) in [6.07, 6.45) is 4.42. The summed E-state index contributed by atoms with van der Waals surface area (Å²) in [6, 6.07) is 32.1. The van der Waals surface area contributed by atoms with Crippen LogP contribution in [0, 0.1) is 5.92 Å². The molecule has 0 amide bonds. The van der Waals surface area contributed by atoms with Gasteiger partial charge in [-0.05, 0) is 148 Å². The number of esters is 2. The van der Waals surface area contributed by atoms with Gasteiger partial charge >= 0.3 is 17.6 Å². The van der Waals surface area contributed by atoms with Gasteiger partial charge < -0.3 is 18.6 Å². The van der Waals surface area contributed by atoms with Crippen molar-refractivity contribution in [1.29, 1.82) is 0 Å². The number of aryl methyl sites for hydroxylation is 2. The molecule has 7 nitrogen and oxygen atoms in total. The fourth-order valence-corrected chi connectivity index (χ4v) is 10.7. The van der Waals surface area contributed by atoms with Gasteiger partial charge in [0.2, 0.25) is 0 Å². The van der Waals surface area contributed by atoms with Gasteiger partial charge in [0.05, 0.1) is 5.56 Å². The topological polar surface area (TPSA) is 92.0 Å². The predicted octanol–water partition coefficient (Wildman–Crippen LogP) is 11.3. The third kappa shape index (κ3) is 7.50. The molecule has 1 fully saturated rings. The highest BCUT2D eigenvalue weighted by atomic mass is 16.6. The molecule has 2 aliphatic carbocycles. The second-order valence-corrected chi connectivity index (χ2v) is 19.1. The molecule has 10 rings (SSSR count). The Morgan fingerprint density at radius 1 is 0.767 bits per heavy atom. The molecule has 7 heteroatoms. The molecule has 2 bridgehead atoms. The SMILES string of the molecule is CC(C)=C1CCc2ccc(cc2)[C@H]2CC[C@@H](c3cccc(Cc4ccccc4)c3)C[C@H]2CC(=O)O[C@@H]2c3c(ccc4c5c(c(=O)oc34)C(C)(C)CC5)OC(C)(C)[C@H]2OC1=O. The summed E-state index contributed by atoms with van der Waals surface area (Å²) in [5, 5.41) is 0.795. The van der Waals surface area contributed by atoms with Gasteiger partial charge in [0, 0.05) is 22.9 Å². The molecule has 0 N–H and O–H groups in total. The number of ether oxygens (including phenoxy) is 3. The Hall–Kier alpha value is -5.43. The number of benzene rings is 4. The summed E-state index contributed by atoms with van der Waals surface area (Å²) in [5.74, 6) is 0.0242. The van der Waals surface area contributed by atoms with E-state index in [-0.39, 0.29) is 35.6 Å². The van der Waals surface area contributed by atoms with Crippen molar-refractivity contribution in [3.05, 3.63) is 157 Å². The normalized spacial score (nSPS) is 24.6. The van der Waals surface area contributed by atoms with Crippen LogP contribution in [0.1, 0.15) is 143 Å². The molecule has 0 radical (unpaired) electrons. The highest BCUT2D eigenvalue weighted by Gasteiger charge is 2.51. The Balaban J connectivity index is 1.12. The van der Waals surface area contributed by atoms with Gasteiger partial charge in [-0.15, -0.1) is 0 Å². The van der Waals surface area contributed by atoms with Crippen LogP contribution in [0.2, 0.25) is 0 Å². The number of fused-ring (bicyclic) bond motifs is 13. The molecular formula is C53H56O7. The van der Waals surface area contributed by atoms with Gasteiger partial charge in [-0.2, -0.15) is 0 Å². The summed E-state index contributed by atoms with van der Waals surface area (Å²) in [7, 11) is 0. The standard InChI is InChI=1S/C53H56O7/c1-31(2)39-21-17-32-15-18-35(19-16-32)40-22-20-37(36-14-10-13-34(28-36)27-33-11-8-7-9-12-33)29-38(40)30-44(54)57-48-45-43(60-53(5,6)49(48)59-50(39)55)24-23-42-41-25-26-52(3,4)46(41)51(56)58-47(42)45/h7-16,18-19,23-24,28,37-38,40,48-49H,17,20-22,25-27,29-30H2,1-6H3/t37-,38+,40-,48-,49+/m1/s1. The summed E-state index contributed by atoms with van der Waals surface area (Å²) >= 11 is 0. The zero-order valence-corrected chi connectivity index (χ0v) is 35.8. The van der Waals surface area contributed by atoms with Crippen LogP contribution in [0.5, 0.6) is 5.75 Å². The average molecular weight is 805 g/mol. The summed E-state index contributed by atoms with van der Waals surface area (Å²) in [4.78, 5) is 42.9. The van der Waals surface area contributed by atoms with E-state index in [0.717, 1.165) is 60.6 Å². The molecule has 0 spiro atoms. The van der Waals surface area contributed by atoms with Crippen molar-refractivity contribution in [3.8, 4) is 5.75 Å². The number of carbonyl (C=O) groups excluding carboxylic acids is 2. The van der Waals surface area contributed by atoms with Crippen LogP contribution in [-0.4, -0.2) is 23.6 Å². The minimum Gasteiger partial charge on any atom is -0.483 e. The van der Waals surface area contributed by atoms with Crippen molar-refractivity contribution < 1.29 is 28.2 Å². The number of carbonyl (C=O) groups is 2. The lowest BCUT2D eigenvalue weighted by atomic mass is 9.68. The molecular weight excluding hydrogens is 749 g/mol. The van der Waals surface area contributed by atoms with Crippen LogP contribution in [0.3, 0.4) is 0 Å². The van der Waals surface area contributed by atoms with Crippen molar-refractivity contribution in [3.63, 3.8) is 0 Å². The van der Waals surface area contributed by atoms with Crippen LogP contribution < -0.4 is 10.4 Å². The van der Waals surface area contributed by atoms with E-state index in [2.05, 4.69) is 86.6 Å². The number of rotatable bonds is 3. The van der Waals surface area contributed by atoms with E-state index in [4.69, 9.17) is 18.6 Å². The predicted molar refractivity (Wildman–Crippen MR) is 234 cm³/mol. The lowest BCUT2D eigenvalue weighted by molar-refractivity contribution is -0.188. The van der Waals surface area contributed by atoms with Crippen LogP contribution in [0.15, 0.2) is 111 Å². The molecule has 0 unspecified atom stereocenters. The molecule has 4 aromatic carbocycles. The Bertz CT molecular complexity index is 2550. The van der Waals surface area contributed by atoms with Gasteiger partial charge in [0.25, 0.3) is 0 Å².